The zero-order valence-electron chi connectivity index (χ0n) is 15.8. The molecule has 1 aromatic rings. The molecule has 11 heteroatoms. The average Bonchev–Trinajstić information content (AvgIpc) is 2.71. The number of nitrogens with one attached hydrogen (secondary N) is 1. The number of benzene rings is 1. The number of hydrogen-bond acceptors (Lipinski definition) is 8. The highest BCUT2D eigenvalue weighted by Gasteiger charge is 2.63. The molecule has 2 aliphatic heterocycles. The molecule has 2 amide bonds. The van der Waals surface area contributed by atoms with Crippen LogP contribution in [-0.2, 0) is 35.0 Å². The summed E-state index contributed by atoms with van der Waals surface area (Å²) >= 11 is -1.61. The molecule has 2 aliphatic rings. The van der Waals surface area contributed by atoms with E-state index in [2.05, 4.69) is 16.6 Å². The summed E-state index contributed by atoms with van der Waals surface area (Å²) in [4.78, 5) is 49.5. The number of esters is 2. The highest BCUT2D eigenvalue weighted by Crippen LogP contribution is 2.36. The van der Waals surface area contributed by atoms with Crippen molar-refractivity contribution in [2.45, 2.75) is 24.4 Å². The Morgan fingerprint density at radius 2 is 2.07 bits per heavy atom. The zero-order valence-corrected chi connectivity index (χ0v) is 16.6. The molecule has 0 saturated carbocycles. The summed E-state index contributed by atoms with van der Waals surface area (Å²) in [6.45, 7) is 4.22. The Hall–Kier alpha value is -3.36. The zero-order chi connectivity index (χ0) is 22.0. The first-order chi connectivity index (χ1) is 14.3. The lowest BCUT2D eigenvalue weighted by Gasteiger charge is -2.52. The summed E-state index contributed by atoms with van der Waals surface area (Å²) in [6, 6.07) is 5.63. The minimum Gasteiger partial charge on any atom is -0.614 e. The Labute approximate surface area is 174 Å². The molecule has 3 rings (SSSR count). The summed E-state index contributed by atoms with van der Waals surface area (Å²) < 4.78 is 22.0. The van der Waals surface area contributed by atoms with E-state index in [9.17, 15) is 23.7 Å². The largest absolute Gasteiger partial charge is 0.614 e. The number of rotatable bonds is 5. The fourth-order valence-corrected chi connectivity index (χ4v) is 4.90. The second-order valence-electron chi connectivity index (χ2n) is 6.55. The van der Waals surface area contributed by atoms with Crippen LogP contribution >= 0.6 is 0 Å². The van der Waals surface area contributed by atoms with Gasteiger partial charge in [0.25, 0.3) is 11.8 Å². The maximum absolute atomic E-state index is 12.7. The van der Waals surface area contributed by atoms with Crippen molar-refractivity contribution in [3.63, 3.8) is 0 Å². The third-order valence-corrected chi connectivity index (χ3v) is 6.30. The smallest absolute Gasteiger partial charge is 0.336 e. The summed E-state index contributed by atoms with van der Waals surface area (Å²) in [5.74, 6) is -2.89. The van der Waals surface area contributed by atoms with Crippen molar-refractivity contribution >= 4 is 34.9 Å². The van der Waals surface area contributed by atoms with Gasteiger partial charge in [-0.3, -0.25) is 19.3 Å². The second kappa shape index (κ2) is 8.56. The molecular weight excluding hydrogens is 414 g/mol. The molecule has 0 radical (unpaired) electrons. The first-order valence-electron chi connectivity index (χ1n) is 8.73. The molecule has 30 heavy (non-hydrogen) atoms. The molecule has 4 atom stereocenters. The van der Waals surface area contributed by atoms with Crippen molar-refractivity contribution in [2.24, 2.45) is 0 Å². The molecule has 3 unspecified atom stereocenters. The van der Waals surface area contributed by atoms with Gasteiger partial charge < -0.3 is 19.3 Å². The molecule has 0 spiro atoms. The topological polar surface area (TPSA) is 149 Å². The number of fused-ring (bicyclic) bond motifs is 1. The molecule has 2 saturated heterocycles. The lowest BCUT2D eigenvalue weighted by atomic mass is 9.98. The van der Waals surface area contributed by atoms with Gasteiger partial charge in [-0.15, -0.1) is 0 Å². The van der Waals surface area contributed by atoms with Crippen molar-refractivity contribution in [1.82, 2.24) is 10.2 Å². The molecule has 156 valence electrons. The van der Waals surface area contributed by atoms with Crippen LogP contribution in [0.5, 0.6) is 0 Å². The van der Waals surface area contributed by atoms with E-state index >= 15 is 0 Å². The van der Waals surface area contributed by atoms with Gasteiger partial charge in [0, 0.05) is 12.5 Å². The number of amides is 2. The van der Waals surface area contributed by atoms with Crippen LogP contribution in [0.3, 0.4) is 0 Å². The van der Waals surface area contributed by atoms with Crippen molar-refractivity contribution < 1.29 is 33.2 Å². The summed E-state index contributed by atoms with van der Waals surface area (Å²) in [6.07, 6.45) is 0. The SMILES string of the molecule is C=C1C[S+]([O-])[C@H]2C(NC(=O)c3ccccc3C#N)C(=O)N2C1C(=O)OCOC(C)=O. The lowest BCUT2D eigenvalue weighted by molar-refractivity contribution is -0.174. The van der Waals surface area contributed by atoms with Crippen LogP contribution in [0.25, 0.3) is 0 Å². The molecule has 0 bridgehead atoms. The van der Waals surface area contributed by atoms with Crippen LogP contribution in [-0.4, -0.2) is 63.2 Å². The maximum Gasteiger partial charge on any atom is 0.336 e. The third-order valence-electron chi connectivity index (χ3n) is 4.61. The van der Waals surface area contributed by atoms with Gasteiger partial charge in [-0.1, -0.05) is 18.7 Å². The van der Waals surface area contributed by atoms with Crippen LogP contribution in [0.1, 0.15) is 22.8 Å². The number of β-lactam (4-membered cyclic amide) rings is 1. The molecule has 0 aromatic heterocycles. The average molecular weight is 431 g/mol. The van der Waals surface area contributed by atoms with E-state index in [0.29, 0.717) is 0 Å². The van der Waals surface area contributed by atoms with Gasteiger partial charge in [0.2, 0.25) is 12.2 Å². The standard InChI is InChI=1S/C19H17N3O7S/c1-10-8-30(27)18-14(21-16(24)13-6-4-3-5-12(13)7-20)17(25)22(18)15(10)19(26)29-9-28-11(2)23/h3-6,14-15,18H,1,8-9H2,2H3,(H,21,24)/t14?,15?,18-,30?/m0/s1. The van der Waals surface area contributed by atoms with Crippen LogP contribution in [0, 0.1) is 11.3 Å². The van der Waals surface area contributed by atoms with Crippen LogP contribution in [0.4, 0.5) is 0 Å². The number of carbonyl (C=O) groups is 4. The Morgan fingerprint density at radius 3 is 2.73 bits per heavy atom. The van der Waals surface area contributed by atoms with Gasteiger partial charge in [-0.25, -0.2) is 4.79 Å². The van der Waals surface area contributed by atoms with E-state index in [1.807, 2.05) is 6.07 Å². The van der Waals surface area contributed by atoms with E-state index < -0.39 is 59.2 Å². The van der Waals surface area contributed by atoms with Crippen LogP contribution in [0.2, 0.25) is 0 Å². The fourth-order valence-electron chi connectivity index (χ4n) is 3.24. The minimum atomic E-state index is -1.61. The summed E-state index contributed by atoms with van der Waals surface area (Å²) in [5, 5.41) is 10.7. The van der Waals surface area contributed by atoms with Gasteiger partial charge >= 0.3 is 11.9 Å². The summed E-state index contributed by atoms with van der Waals surface area (Å²) in [7, 11) is 0. The van der Waals surface area contributed by atoms with E-state index in [1.54, 1.807) is 12.1 Å². The van der Waals surface area contributed by atoms with Crippen molar-refractivity contribution in [2.75, 3.05) is 12.5 Å². The highest BCUT2D eigenvalue weighted by molar-refractivity contribution is 7.92. The van der Waals surface area contributed by atoms with Gasteiger partial charge in [0.05, 0.1) is 17.2 Å². The monoisotopic (exact) mass is 431 g/mol. The normalized spacial score (nSPS) is 24.8. The molecule has 2 fully saturated rings. The Balaban J connectivity index is 1.74. The highest BCUT2D eigenvalue weighted by atomic mass is 32.2. The molecule has 1 N–H and O–H groups in total. The molecular formula is C19H17N3O7S. The van der Waals surface area contributed by atoms with Gasteiger partial charge in [-0.05, 0) is 23.3 Å². The van der Waals surface area contributed by atoms with Gasteiger partial charge in [0.1, 0.15) is 5.75 Å². The Kier molecular flexibility index (Phi) is 6.09. The minimum absolute atomic E-state index is 0.0665. The fraction of sp³-hybridized carbons (Fsp3) is 0.316. The van der Waals surface area contributed by atoms with E-state index in [4.69, 9.17) is 10.00 Å². The molecule has 0 aliphatic carbocycles. The van der Waals surface area contributed by atoms with E-state index in [-0.39, 0.29) is 22.5 Å². The Bertz CT molecular complexity index is 973. The van der Waals surface area contributed by atoms with Crippen molar-refractivity contribution in [3.8, 4) is 6.07 Å². The number of hydrogen-bond donors (Lipinski definition) is 1. The van der Waals surface area contributed by atoms with Crippen LogP contribution in [0.15, 0.2) is 36.4 Å². The maximum atomic E-state index is 12.7. The predicted octanol–water partition coefficient (Wildman–Crippen LogP) is -0.424. The molecule has 10 nitrogen and oxygen atoms in total. The Morgan fingerprint density at radius 1 is 1.37 bits per heavy atom. The summed E-state index contributed by atoms with van der Waals surface area (Å²) in [5.41, 5.74) is 0.420. The van der Waals surface area contributed by atoms with Gasteiger partial charge in [0.15, 0.2) is 12.1 Å². The molecule has 2 heterocycles. The second-order valence-corrected chi connectivity index (χ2v) is 8.08. The number of ether oxygens (including phenoxy) is 2. The van der Waals surface area contributed by atoms with Gasteiger partial charge in [-0.2, -0.15) is 5.26 Å². The number of nitrogens with zero attached hydrogens (tertiary/aromatic N) is 2. The van der Waals surface area contributed by atoms with Crippen LogP contribution < -0.4 is 5.32 Å². The predicted molar refractivity (Wildman–Crippen MR) is 102 cm³/mol. The quantitative estimate of drug-likeness (QED) is 0.217. The number of nitriles is 1. The number of carbonyl (C=O) groups excluding carboxylic acids is 4. The first-order valence-corrected chi connectivity index (χ1v) is 10.1. The van der Waals surface area contributed by atoms with E-state index in [0.717, 1.165) is 11.8 Å². The third kappa shape index (κ3) is 3.87. The van der Waals surface area contributed by atoms with E-state index in [1.165, 1.54) is 12.1 Å². The first kappa shape index (κ1) is 21.4. The van der Waals surface area contributed by atoms with Crippen molar-refractivity contribution in [1.29, 1.82) is 5.26 Å². The lowest BCUT2D eigenvalue weighted by Crippen LogP contribution is -2.78. The molecule has 1 aromatic carbocycles. The van der Waals surface area contributed by atoms with Crippen molar-refractivity contribution in [3.05, 3.63) is 47.5 Å².